The van der Waals surface area contributed by atoms with E-state index < -0.39 is 5.60 Å². The van der Waals surface area contributed by atoms with Crippen LogP contribution in [0.15, 0.2) is 12.2 Å². The second-order valence-electron chi connectivity index (χ2n) is 7.17. The molecule has 3 nitrogen and oxygen atoms in total. The Hall–Kier alpha value is -0.380. The fourth-order valence-electron chi connectivity index (χ4n) is 4.10. The molecular formula is C15H24O3. The molecule has 0 amide bonds. The monoisotopic (exact) mass is 252 g/mol. The van der Waals surface area contributed by atoms with Gasteiger partial charge in [0.25, 0.3) is 0 Å². The average Bonchev–Trinajstić information content (AvgIpc) is 3.07. The predicted molar refractivity (Wildman–Crippen MR) is 69.1 cm³/mol. The molecule has 2 aliphatic carbocycles. The molecule has 3 rings (SSSR count). The first-order valence-corrected chi connectivity index (χ1v) is 7.00. The summed E-state index contributed by atoms with van der Waals surface area (Å²) in [5.74, 6) is 0. The van der Waals surface area contributed by atoms with Gasteiger partial charge in [-0.1, -0.05) is 26.0 Å². The molecule has 102 valence electrons. The largest absolute Gasteiger partial charge is 0.390 e. The number of aliphatic hydroxyl groups excluding tert-OH is 1. The van der Waals surface area contributed by atoms with Crippen LogP contribution in [0.3, 0.4) is 0 Å². The van der Waals surface area contributed by atoms with Crippen molar-refractivity contribution in [2.75, 3.05) is 6.61 Å². The van der Waals surface area contributed by atoms with E-state index in [9.17, 15) is 10.2 Å². The summed E-state index contributed by atoms with van der Waals surface area (Å²) in [6, 6.07) is 0. The number of allylic oxidation sites excluding steroid dienone is 1. The minimum atomic E-state index is -0.676. The van der Waals surface area contributed by atoms with Crippen LogP contribution >= 0.6 is 0 Å². The Kier molecular flexibility index (Phi) is 2.38. The molecule has 5 atom stereocenters. The number of hydrogen-bond donors (Lipinski definition) is 2. The van der Waals surface area contributed by atoms with Gasteiger partial charge < -0.3 is 14.9 Å². The van der Waals surface area contributed by atoms with Crippen LogP contribution in [-0.2, 0) is 4.74 Å². The first-order valence-electron chi connectivity index (χ1n) is 7.00. The van der Waals surface area contributed by atoms with Gasteiger partial charge in [0.1, 0.15) is 5.60 Å². The summed E-state index contributed by atoms with van der Waals surface area (Å²) in [4.78, 5) is 0. The molecular weight excluding hydrogens is 228 g/mol. The Labute approximate surface area is 109 Å². The van der Waals surface area contributed by atoms with Gasteiger partial charge in [-0.3, -0.25) is 0 Å². The van der Waals surface area contributed by atoms with Gasteiger partial charge in [-0.25, -0.2) is 0 Å². The van der Waals surface area contributed by atoms with Crippen LogP contribution in [-0.4, -0.2) is 34.1 Å². The molecule has 0 aromatic carbocycles. The lowest BCUT2D eigenvalue weighted by molar-refractivity contribution is -0.0299. The molecule has 0 radical (unpaired) electrons. The number of hydrogen-bond acceptors (Lipinski definition) is 3. The van der Waals surface area contributed by atoms with Gasteiger partial charge in [0.2, 0.25) is 0 Å². The van der Waals surface area contributed by atoms with Crippen molar-refractivity contribution in [3.05, 3.63) is 12.2 Å². The van der Waals surface area contributed by atoms with Crippen molar-refractivity contribution in [3.8, 4) is 0 Å². The fraction of sp³-hybridized carbons (Fsp3) is 0.867. The highest BCUT2D eigenvalue weighted by Gasteiger charge is 2.71. The summed E-state index contributed by atoms with van der Waals surface area (Å²) in [7, 11) is 0. The molecule has 3 heteroatoms. The number of epoxide rings is 1. The topological polar surface area (TPSA) is 53.0 Å². The number of ether oxygens (including phenoxy) is 1. The Morgan fingerprint density at radius 1 is 1.11 bits per heavy atom. The Bertz CT molecular complexity index is 397. The van der Waals surface area contributed by atoms with Crippen LogP contribution in [0, 0.1) is 10.8 Å². The van der Waals surface area contributed by atoms with Gasteiger partial charge in [-0.15, -0.1) is 0 Å². The third-order valence-electron chi connectivity index (χ3n) is 6.07. The van der Waals surface area contributed by atoms with Crippen LogP contribution in [0.4, 0.5) is 0 Å². The fourth-order valence-corrected chi connectivity index (χ4v) is 4.10. The molecule has 0 bridgehead atoms. The van der Waals surface area contributed by atoms with E-state index in [0.717, 1.165) is 25.7 Å². The van der Waals surface area contributed by atoms with Gasteiger partial charge in [0.05, 0.1) is 18.3 Å². The lowest BCUT2D eigenvalue weighted by Crippen LogP contribution is -2.50. The van der Waals surface area contributed by atoms with E-state index in [-0.39, 0.29) is 22.5 Å². The number of aliphatic hydroxyl groups is 2. The molecule has 2 N–H and O–H groups in total. The normalized spacial score (nSPS) is 59.3. The molecule has 1 saturated heterocycles. The molecule has 0 aromatic heterocycles. The van der Waals surface area contributed by atoms with Crippen LogP contribution in [0.5, 0.6) is 0 Å². The molecule has 18 heavy (non-hydrogen) atoms. The molecule has 0 aromatic rings. The van der Waals surface area contributed by atoms with Crippen LogP contribution < -0.4 is 0 Å². The average molecular weight is 252 g/mol. The van der Waals surface area contributed by atoms with Crippen molar-refractivity contribution in [2.45, 2.75) is 63.8 Å². The van der Waals surface area contributed by atoms with Crippen molar-refractivity contribution in [2.24, 2.45) is 10.8 Å². The lowest BCUT2D eigenvalue weighted by atomic mass is 9.55. The van der Waals surface area contributed by atoms with E-state index in [4.69, 9.17) is 4.74 Å². The van der Waals surface area contributed by atoms with Crippen molar-refractivity contribution in [1.82, 2.24) is 0 Å². The van der Waals surface area contributed by atoms with Gasteiger partial charge in [0, 0.05) is 5.41 Å². The Morgan fingerprint density at radius 2 is 1.78 bits per heavy atom. The van der Waals surface area contributed by atoms with E-state index in [2.05, 4.69) is 19.9 Å². The first-order chi connectivity index (χ1) is 8.25. The van der Waals surface area contributed by atoms with E-state index >= 15 is 0 Å². The quantitative estimate of drug-likeness (QED) is 0.554. The van der Waals surface area contributed by atoms with Crippen LogP contribution in [0.25, 0.3) is 0 Å². The summed E-state index contributed by atoms with van der Waals surface area (Å²) in [6.07, 6.45) is 7.33. The first kappa shape index (κ1) is 12.6. The SMILES string of the molecule is CC1(O)C=CC(C)(C2(C)CCC(O)C23CO3)CC1. The van der Waals surface area contributed by atoms with Gasteiger partial charge >= 0.3 is 0 Å². The second-order valence-corrected chi connectivity index (χ2v) is 7.17. The predicted octanol–water partition coefficient (Wildman–Crippen LogP) is 2.02. The zero-order chi connectivity index (χ0) is 13.2. The number of rotatable bonds is 1. The highest BCUT2D eigenvalue weighted by Crippen LogP contribution is 2.66. The smallest absolute Gasteiger partial charge is 0.123 e. The second kappa shape index (κ2) is 3.38. The Balaban J connectivity index is 1.96. The van der Waals surface area contributed by atoms with Gasteiger partial charge in [0.15, 0.2) is 0 Å². The van der Waals surface area contributed by atoms with E-state index in [1.165, 1.54) is 0 Å². The lowest BCUT2D eigenvalue weighted by Gasteiger charge is -2.49. The van der Waals surface area contributed by atoms with Crippen molar-refractivity contribution >= 4 is 0 Å². The van der Waals surface area contributed by atoms with Crippen molar-refractivity contribution in [3.63, 3.8) is 0 Å². The summed E-state index contributed by atoms with van der Waals surface area (Å²) < 4.78 is 5.71. The standard InChI is InChI=1S/C15H24O3/c1-12(6-8-13(2,17)9-7-12)14(3)5-4-11(16)15(14)10-18-15/h6,8,11,16-17H,4-5,7,9-10H2,1-3H3. The maximum Gasteiger partial charge on any atom is 0.123 e. The van der Waals surface area contributed by atoms with Gasteiger partial charge in [-0.2, -0.15) is 0 Å². The molecule has 1 spiro atoms. The third kappa shape index (κ3) is 1.41. The molecule has 2 fully saturated rings. The molecule has 1 heterocycles. The van der Waals surface area contributed by atoms with E-state index in [1.54, 1.807) is 0 Å². The third-order valence-corrected chi connectivity index (χ3v) is 6.07. The zero-order valence-corrected chi connectivity index (χ0v) is 11.6. The van der Waals surface area contributed by atoms with Crippen LogP contribution in [0.1, 0.15) is 46.5 Å². The summed E-state index contributed by atoms with van der Waals surface area (Å²) in [6.45, 7) is 7.05. The highest BCUT2D eigenvalue weighted by molar-refractivity contribution is 5.26. The highest BCUT2D eigenvalue weighted by atomic mass is 16.6. The summed E-state index contributed by atoms with van der Waals surface area (Å²) in [5.41, 5.74) is -1.02. The van der Waals surface area contributed by atoms with E-state index in [0.29, 0.717) is 6.61 Å². The van der Waals surface area contributed by atoms with Gasteiger partial charge in [-0.05, 0) is 38.0 Å². The molecule has 1 aliphatic heterocycles. The molecule has 5 unspecified atom stereocenters. The molecule has 1 saturated carbocycles. The van der Waals surface area contributed by atoms with Crippen molar-refractivity contribution < 1.29 is 14.9 Å². The minimum Gasteiger partial charge on any atom is -0.390 e. The maximum absolute atomic E-state index is 10.2. The summed E-state index contributed by atoms with van der Waals surface area (Å²) in [5, 5.41) is 20.3. The van der Waals surface area contributed by atoms with E-state index in [1.807, 2.05) is 13.0 Å². The van der Waals surface area contributed by atoms with Crippen LogP contribution in [0.2, 0.25) is 0 Å². The maximum atomic E-state index is 10.2. The Morgan fingerprint density at radius 3 is 2.28 bits per heavy atom. The minimum absolute atomic E-state index is 0.00319. The zero-order valence-electron chi connectivity index (χ0n) is 11.6. The van der Waals surface area contributed by atoms with Crippen molar-refractivity contribution in [1.29, 1.82) is 0 Å². The summed E-state index contributed by atoms with van der Waals surface area (Å²) >= 11 is 0. The molecule has 3 aliphatic rings.